The molecule has 9 nitrogen and oxygen atoms in total. The summed E-state index contributed by atoms with van der Waals surface area (Å²) in [5.74, 6) is -0.301. The first-order valence-corrected chi connectivity index (χ1v) is 6.97. The molecule has 1 amide bonds. The van der Waals surface area contributed by atoms with Gasteiger partial charge in [0.25, 0.3) is 12.3 Å². The largest absolute Gasteiger partial charge is 0.370 e. The minimum Gasteiger partial charge on any atom is -0.370 e. The number of alkyl halides is 2. The molecule has 0 saturated carbocycles. The highest BCUT2D eigenvalue weighted by atomic mass is 19.3. The number of anilines is 2. The first-order chi connectivity index (χ1) is 11.5. The van der Waals surface area contributed by atoms with Crippen LogP contribution in [0.2, 0.25) is 0 Å². The molecule has 3 heterocycles. The summed E-state index contributed by atoms with van der Waals surface area (Å²) in [6.45, 7) is 2.08. The molecule has 1 fully saturated rings. The van der Waals surface area contributed by atoms with E-state index in [0.717, 1.165) is 6.20 Å². The lowest BCUT2D eigenvalue weighted by molar-refractivity contribution is -0.125. The monoisotopic (exact) mass is 337 g/mol. The van der Waals surface area contributed by atoms with Gasteiger partial charge < -0.3 is 10.5 Å². The smallest absolute Gasteiger partial charge is 0.281 e. The molecule has 1 saturated heterocycles. The number of hydrogen-bond donors (Lipinski definition) is 1. The van der Waals surface area contributed by atoms with Crippen LogP contribution in [0.5, 0.6) is 0 Å². The van der Waals surface area contributed by atoms with E-state index < -0.39 is 12.1 Å². The third-order valence-electron chi connectivity index (χ3n) is 3.25. The average molecular weight is 337 g/mol. The van der Waals surface area contributed by atoms with E-state index in [4.69, 9.17) is 10.5 Å². The molecule has 24 heavy (non-hydrogen) atoms. The van der Waals surface area contributed by atoms with Gasteiger partial charge in [0.2, 0.25) is 11.9 Å². The number of aryl methyl sites for hydroxylation is 1. The number of carbonyl (C=O) groups is 1. The maximum Gasteiger partial charge on any atom is 0.281 e. The number of morpholine rings is 1. The molecule has 0 aliphatic carbocycles. The Morgan fingerprint density at radius 2 is 2.08 bits per heavy atom. The number of ether oxygens (including phenoxy) is 1. The molecule has 1 aliphatic heterocycles. The van der Waals surface area contributed by atoms with Crippen LogP contribution in [0.15, 0.2) is 6.20 Å². The molecule has 0 aromatic carbocycles. The number of nitrogens with two attached hydrogens (primary N) is 1. The first-order valence-electron chi connectivity index (χ1n) is 6.97. The molecule has 0 bridgehead atoms. The summed E-state index contributed by atoms with van der Waals surface area (Å²) in [4.78, 5) is 32.8. The van der Waals surface area contributed by atoms with E-state index in [0.29, 0.717) is 6.61 Å². The Morgan fingerprint density at radius 3 is 2.79 bits per heavy atom. The summed E-state index contributed by atoms with van der Waals surface area (Å²) in [7, 11) is 0. The number of aromatic nitrogens is 5. The fraction of sp³-hybridized carbons (Fsp3) is 0.385. The lowest BCUT2D eigenvalue weighted by Crippen LogP contribution is -2.42. The molecular weight excluding hydrogens is 324 g/mol. The second-order valence-corrected chi connectivity index (χ2v) is 4.93. The highest BCUT2D eigenvalue weighted by Gasteiger charge is 2.25. The quantitative estimate of drug-likeness (QED) is 0.860. The van der Waals surface area contributed by atoms with Gasteiger partial charge in [-0.25, -0.2) is 23.7 Å². The maximum absolute atomic E-state index is 13.2. The molecular formula is C13H13F2N7O2. The lowest BCUT2D eigenvalue weighted by atomic mass is 10.2. The van der Waals surface area contributed by atoms with Gasteiger partial charge in [0.15, 0.2) is 5.82 Å². The Balaban J connectivity index is 2.08. The van der Waals surface area contributed by atoms with Crippen LogP contribution in [0.1, 0.15) is 17.9 Å². The van der Waals surface area contributed by atoms with Crippen molar-refractivity contribution in [3.63, 3.8) is 0 Å². The fourth-order valence-electron chi connectivity index (χ4n) is 2.19. The number of rotatable bonds is 3. The Hall–Kier alpha value is -2.82. The van der Waals surface area contributed by atoms with Crippen molar-refractivity contribution in [2.45, 2.75) is 13.3 Å². The Labute approximate surface area is 134 Å². The Kier molecular flexibility index (Phi) is 4.25. The summed E-state index contributed by atoms with van der Waals surface area (Å²) < 4.78 is 31.5. The van der Waals surface area contributed by atoms with E-state index in [1.807, 2.05) is 0 Å². The van der Waals surface area contributed by atoms with E-state index in [2.05, 4.69) is 24.9 Å². The summed E-state index contributed by atoms with van der Waals surface area (Å²) in [6.07, 6.45) is -1.75. The van der Waals surface area contributed by atoms with Crippen LogP contribution in [-0.4, -0.2) is 50.6 Å². The predicted molar refractivity (Wildman–Crippen MR) is 78.1 cm³/mol. The molecule has 2 aromatic rings. The number of nitrogens with zero attached hydrogens (tertiary/aromatic N) is 6. The first kappa shape index (κ1) is 16.1. The molecule has 0 unspecified atom stereocenters. The van der Waals surface area contributed by atoms with E-state index >= 15 is 0 Å². The third kappa shape index (κ3) is 3.11. The molecule has 2 aromatic heterocycles. The zero-order valence-corrected chi connectivity index (χ0v) is 12.6. The van der Waals surface area contributed by atoms with Crippen LogP contribution in [0, 0.1) is 6.92 Å². The summed E-state index contributed by atoms with van der Waals surface area (Å²) in [6, 6.07) is 0. The van der Waals surface area contributed by atoms with Crippen LogP contribution in [-0.2, 0) is 9.53 Å². The molecule has 0 atom stereocenters. The van der Waals surface area contributed by atoms with Crippen LogP contribution < -0.4 is 10.6 Å². The summed E-state index contributed by atoms with van der Waals surface area (Å²) >= 11 is 0. The minimum absolute atomic E-state index is 0.0490. The van der Waals surface area contributed by atoms with Crippen molar-refractivity contribution in [2.75, 3.05) is 30.4 Å². The van der Waals surface area contributed by atoms with Crippen molar-refractivity contribution in [1.29, 1.82) is 0 Å². The van der Waals surface area contributed by atoms with Crippen LogP contribution in [0.25, 0.3) is 11.4 Å². The molecule has 3 rings (SSSR count). The van der Waals surface area contributed by atoms with Gasteiger partial charge in [-0.15, -0.1) is 0 Å². The van der Waals surface area contributed by atoms with E-state index in [1.165, 1.54) is 4.90 Å². The Morgan fingerprint density at radius 1 is 1.29 bits per heavy atom. The predicted octanol–water partition coefficient (Wildman–Crippen LogP) is 0.520. The Bertz CT molecular complexity index is 787. The number of carbonyl (C=O) groups excluding carboxylic acids is 1. The van der Waals surface area contributed by atoms with Crippen LogP contribution >= 0.6 is 0 Å². The van der Waals surface area contributed by atoms with Gasteiger partial charge in [-0.1, -0.05) is 0 Å². The molecule has 126 valence electrons. The highest BCUT2D eigenvalue weighted by Crippen LogP contribution is 2.28. The minimum atomic E-state index is -2.88. The topological polar surface area (TPSA) is 120 Å². The van der Waals surface area contributed by atoms with Crippen molar-refractivity contribution >= 4 is 17.8 Å². The van der Waals surface area contributed by atoms with Gasteiger partial charge in [0, 0.05) is 6.20 Å². The zero-order chi connectivity index (χ0) is 17.3. The van der Waals surface area contributed by atoms with Crippen molar-refractivity contribution in [1.82, 2.24) is 24.9 Å². The number of halogens is 2. The van der Waals surface area contributed by atoms with E-state index in [9.17, 15) is 13.6 Å². The normalized spacial score (nSPS) is 15.2. The van der Waals surface area contributed by atoms with Crippen LogP contribution in [0.3, 0.4) is 0 Å². The van der Waals surface area contributed by atoms with Crippen molar-refractivity contribution < 1.29 is 18.3 Å². The number of nitrogen functional groups attached to an aromatic ring is 1. The third-order valence-corrected chi connectivity index (χ3v) is 3.25. The maximum atomic E-state index is 13.2. The van der Waals surface area contributed by atoms with Gasteiger partial charge >= 0.3 is 0 Å². The molecule has 0 spiro atoms. The standard InChI is InChI=1S/C13H13F2N7O2/c1-6-18-11(7-4-17-12(16)20-9(7)10(14)15)21-13(19-6)22-2-3-24-5-8(22)23/h4,10H,2-3,5H2,1H3,(H2,16,17,20). The second kappa shape index (κ2) is 6.35. The van der Waals surface area contributed by atoms with Gasteiger partial charge in [-0.3, -0.25) is 9.69 Å². The average Bonchev–Trinajstić information content (AvgIpc) is 2.54. The van der Waals surface area contributed by atoms with Crippen molar-refractivity contribution in [3.05, 3.63) is 17.7 Å². The molecule has 11 heteroatoms. The number of hydrogen-bond acceptors (Lipinski definition) is 8. The molecule has 2 N–H and O–H groups in total. The lowest BCUT2D eigenvalue weighted by Gasteiger charge is -2.25. The van der Waals surface area contributed by atoms with Crippen molar-refractivity contribution in [3.8, 4) is 11.4 Å². The second-order valence-electron chi connectivity index (χ2n) is 4.93. The highest BCUT2D eigenvalue weighted by molar-refractivity contribution is 5.93. The van der Waals surface area contributed by atoms with Gasteiger partial charge in [0.1, 0.15) is 18.1 Å². The fourth-order valence-corrected chi connectivity index (χ4v) is 2.19. The summed E-state index contributed by atoms with van der Waals surface area (Å²) in [5.41, 5.74) is 4.72. The van der Waals surface area contributed by atoms with E-state index in [1.54, 1.807) is 6.92 Å². The van der Waals surface area contributed by atoms with Gasteiger partial charge in [-0.05, 0) is 6.92 Å². The number of amides is 1. The summed E-state index contributed by atoms with van der Waals surface area (Å²) in [5, 5.41) is 0. The van der Waals surface area contributed by atoms with Crippen LogP contribution in [0.4, 0.5) is 20.7 Å². The van der Waals surface area contributed by atoms with Crippen molar-refractivity contribution in [2.24, 2.45) is 0 Å². The SMILES string of the molecule is Cc1nc(-c2cnc(N)nc2C(F)F)nc(N2CCOCC2=O)n1. The van der Waals surface area contributed by atoms with E-state index in [-0.39, 0.29) is 48.2 Å². The zero-order valence-electron chi connectivity index (χ0n) is 12.6. The molecule has 1 aliphatic rings. The molecule has 0 radical (unpaired) electrons. The van der Waals surface area contributed by atoms with Gasteiger partial charge in [0.05, 0.1) is 18.7 Å². The van der Waals surface area contributed by atoms with Gasteiger partial charge in [-0.2, -0.15) is 9.97 Å².